The van der Waals surface area contributed by atoms with E-state index in [2.05, 4.69) is 39.1 Å². The second kappa shape index (κ2) is 5.64. The van der Waals surface area contributed by atoms with Crippen LogP contribution in [0.1, 0.15) is 29.2 Å². The summed E-state index contributed by atoms with van der Waals surface area (Å²) in [5.41, 5.74) is 1.36. The minimum Gasteiger partial charge on any atom is -0.395 e. The smallest absolute Gasteiger partial charge is 0.0587 e. The Labute approximate surface area is 96.3 Å². The molecule has 0 saturated heterocycles. The molecule has 1 aromatic rings. The van der Waals surface area contributed by atoms with Crippen LogP contribution >= 0.6 is 11.3 Å². The van der Waals surface area contributed by atoms with Crippen molar-refractivity contribution in [2.24, 2.45) is 5.92 Å². The van der Waals surface area contributed by atoms with Gasteiger partial charge in [0.15, 0.2) is 0 Å². The number of hydrogen-bond donors (Lipinski definition) is 2. The number of hydrogen-bond acceptors (Lipinski definition) is 3. The summed E-state index contributed by atoms with van der Waals surface area (Å²) in [7, 11) is 0. The largest absolute Gasteiger partial charge is 0.395 e. The monoisotopic (exact) mass is 227 g/mol. The summed E-state index contributed by atoms with van der Waals surface area (Å²) < 4.78 is 0. The first-order valence-corrected chi connectivity index (χ1v) is 6.26. The van der Waals surface area contributed by atoms with Gasteiger partial charge in [0.2, 0.25) is 0 Å². The normalized spacial score (nSPS) is 13.5. The Kier molecular flexibility index (Phi) is 4.77. The molecule has 0 aliphatic rings. The first-order chi connectivity index (χ1) is 7.04. The third kappa shape index (κ3) is 3.59. The fraction of sp³-hybridized carbons (Fsp3) is 0.667. The van der Waals surface area contributed by atoms with Gasteiger partial charge in [0.05, 0.1) is 6.61 Å². The topological polar surface area (TPSA) is 32.3 Å². The van der Waals surface area contributed by atoms with Gasteiger partial charge in [0, 0.05) is 22.3 Å². The maximum Gasteiger partial charge on any atom is 0.0587 e. The van der Waals surface area contributed by atoms with Gasteiger partial charge in [0.1, 0.15) is 0 Å². The van der Waals surface area contributed by atoms with Gasteiger partial charge in [-0.2, -0.15) is 0 Å². The van der Waals surface area contributed by atoms with E-state index < -0.39 is 0 Å². The highest BCUT2D eigenvalue weighted by atomic mass is 32.1. The van der Waals surface area contributed by atoms with Gasteiger partial charge in [-0.15, -0.1) is 11.3 Å². The average Bonchev–Trinajstić information content (AvgIpc) is 2.45. The Morgan fingerprint density at radius 3 is 2.47 bits per heavy atom. The molecule has 0 fully saturated rings. The minimum atomic E-state index is 0.199. The molecule has 2 nitrogen and oxygen atoms in total. The summed E-state index contributed by atoms with van der Waals surface area (Å²) in [4.78, 5) is 2.73. The molecular weight excluding hydrogens is 206 g/mol. The molecular formula is C12H21NOS. The van der Waals surface area contributed by atoms with E-state index in [9.17, 15) is 5.11 Å². The highest BCUT2D eigenvalue weighted by molar-refractivity contribution is 7.12. The van der Waals surface area contributed by atoms with E-state index in [-0.39, 0.29) is 12.6 Å². The van der Waals surface area contributed by atoms with Crippen molar-refractivity contribution in [3.05, 3.63) is 21.4 Å². The molecule has 0 aromatic carbocycles. The van der Waals surface area contributed by atoms with Crippen molar-refractivity contribution < 1.29 is 5.11 Å². The first kappa shape index (κ1) is 12.7. The number of thiophene rings is 1. The standard InChI is InChI=1S/C12H21NOS/c1-8(2)12(7-14)13-6-11-5-9(3)15-10(11)4/h5,8,12-14H,6-7H2,1-4H3. The number of aliphatic hydroxyl groups excluding tert-OH is 1. The van der Waals surface area contributed by atoms with E-state index in [1.165, 1.54) is 15.3 Å². The summed E-state index contributed by atoms with van der Waals surface area (Å²) in [5, 5.41) is 12.6. The van der Waals surface area contributed by atoms with Gasteiger partial charge in [0.25, 0.3) is 0 Å². The zero-order valence-corrected chi connectivity index (χ0v) is 10.8. The summed E-state index contributed by atoms with van der Waals surface area (Å²) in [6, 6.07) is 2.42. The number of aliphatic hydroxyl groups is 1. The van der Waals surface area contributed by atoms with Crippen LogP contribution in [0.4, 0.5) is 0 Å². The third-order valence-corrected chi connectivity index (χ3v) is 3.71. The van der Waals surface area contributed by atoms with Crippen LogP contribution < -0.4 is 5.32 Å². The fourth-order valence-corrected chi connectivity index (χ4v) is 2.56. The molecule has 2 N–H and O–H groups in total. The lowest BCUT2D eigenvalue weighted by Gasteiger charge is -2.19. The summed E-state index contributed by atoms with van der Waals surface area (Å²) in [5.74, 6) is 0.468. The molecule has 0 aliphatic carbocycles. The lowest BCUT2D eigenvalue weighted by atomic mass is 10.1. The van der Waals surface area contributed by atoms with Crippen LogP contribution in [-0.2, 0) is 6.54 Å². The molecule has 0 radical (unpaired) electrons. The van der Waals surface area contributed by atoms with Crippen LogP contribution in [0.3, 0.4) is 0 Å². The summed E-state index contributed by atoms with van der Waals surface area (Å²) in [6.07, 6.45) is 0. The van der Waals surface area contributed by atoms with Gasteiger partial charge in [-0.05, 0) is 31.4 Å². The Hall–Kier alpha value is -0.380. The van der Waals surface area contributed by atoms with Gasteiger partial charge < -0.3 is 10.4 Å². The molecule has 0 saturated carbocycles. The maximum atomic E-state index is 9.19. The molecule has 0 bridgehead atoms. The van der Waals surface area contributed by atoms with Crippen molar-refractivity contribution in [3.63, 3.8) is 0 Å². The number of nitrogens with one attached hydrogen (secondary N) is 1. The third-order valence-electron chi connectivity index (χ3n) is 2.70. The Balaban J connectivity index is 2.52. The number of aryl methyl sites for hydroxylation is 2. The molecule has 86 valence electrons. The summed E-state index contributed by atoms with van der Waals surface area (Å²) in [6.45, 7) is 9.60. The van der Waals surface area contributed by atoms with E-state index in [0.717, 1.165) is 6.54 Å². The lowest BCUT2D eigenvalue weighted by Crippen LogP contribution is -2.36. The van der Waals surface area contributed by atoms with E-state index >= 15 is 0 Å². The van der Waals surface area contributed by atoms with Crippen molar-refractivity contribution >= 4 is 11.3 Å². The highest BCUT2D eigenvalue weighted by Crippen LogP contribution is 2.20. The molecule has 3 heteroatoms. The van der Waals surface area contributed by atoms with Crippen LogP contribution in [0.25, 0.3) is 0 Å². The van der Waals surface area contributed by atoms with Crippen LogP contribution in [0.15, 0.2) is 6.07 Å². The van der Waals surface area contributed by atoms with Crippen molar-refractivity contribution in [2.75, 3.05) is 6.61 Å². The van der Waals surface area contributed by atoms with Crippen molar-refractivity contribution in [1.29, 1.82) is 0 Å². The van der Waals surface area contributed by atoms with Crippen molar-refractivity contribution in [1.82, 2.24) is 5.32 Å². The molecule has 1 atom stereocenters. The van der Waals surface area contributed by atoms with Gasteiger partial charge in [-0.25, -0.2) is 0 Å². The fourth-order valence-electron chi connectivity index (χ4n) is 1.61. The highest BCUT2D eigenvalue weighted by Gasteiger charge is 2.12. The van der Waals surface area contributed by atoms with Gasteiger partial charge in [-0.3, -0.25) is 0 Å². The molecule has 1 unspecified atom stereocenters. The van der Waals surface area contributed by atoms with Gasteiger partial charge >= 0.3 is 0 Å². The zero-order chi connectivity index (χ0) is 11.4. The quantitative estimate of drug-likeness (QED) is 0.810. The second-order valence-electron chi connectivity index (χ2n) is 4.35. The van der Waals surface area contributed by atoms with E-state index in [1.807, 2.05) is 11.3 Å². The van der Waals surface area contributed by atoms with Crippen LogP contribution in [-0.4, -0.2) is 17.8 Å². The first-order valence-electron chi connectivity index (χ1n) is 5.44. The SMILES string of the molecule is Cc1cc(CNC(CO)C(C)C)c(C)s1. The van der Waals surface area contributed by atoms with Gasteiger partial charge in [-0.1, -0.05) is 13.8 Å². The minimum absolute atomic E-state index is 0.199. The predicted molar refractivity (Wildman–Crippen MR) is 66.3 cm³/mol. The average molecular weight is 227 g/mol. The van der Waals surface area contributed by atoms with Crippen LogP contribution in [0.5, 0.6) is 0 Å². The predicted octanol–water partition coefficient (Wildman–Crippen LogP) is 2.47. The van der Waals surface area contributed by atoms with Crippen LogP contribution in [0, 0.1) is 19.8 Å². The molecule has 0 amide bonds. The van der Waals surface area contributed by atoms with E-state index in [1.54, 1.807) is 0 Å². The van der Waals surface area contributed by atoms with E-state index in [0.29, 0.717) is 5.92 Å². The Morgan fingerprint density at radius 2 is 2.07 bits per heavy atom. The van der Waals surface area contributed by atoms with Crippen molar-refractivity contribution in [3.8, 4) is 0 Å². The second-order valence-corrected chi connectivity index (χ2v) is 5.81. The molecule has 1 rings (SSSR count). The molecule has 0 spiro atoms. The Bertz CT molecular complexity index is 307. The van der Waals surface area contributed by atoms with E-state index in [4.69, 9.17) is 0 Å². The molecule has 1 aromatic heterocycles. The molecule has 1 heterocycles. The summed E-state index contributed by atoms with van der Waals surface area (Å²) >= 11 is 1.83. The maximum absolute atomic E-state index is 9.19. The lowest BCUT2D eigenvalue weighted by molar-refractivity contribution is 0.210. The Morgan fingerprint density at radius 1 is 1.40 bits per heavy atom. The molecule has 15 heavy (non-hydrogen) atoms. The van der Waals surface area contributed by atoms with Crippen LogP contribution in [0.2, 0.25) is 0 Å². The van der Waals surface area contributed by atoms with Crippen molar-refractivity contribution in [2.45, 2.75) is 40.3 Å². The molecule has 0 aliphatic heterocycles. The number of rotatable bonds is 5. The zero-order valence-electron chi connectivity index (χ0n) is 10.0.